The summed E-state index contributed by atoms with van der Waals surface area (Å²) >= 11 is 0. The Kier molecular flexibility index (Phi) is 4.26. The van der Waals surface area contributed by atoms with E-state index in [1.807, 2.05) is 0 Å². The first-order chi connectivity index (χ1) is 12.8. The molecule has 0 heteroatoms. The van der Waals surface area contributed by atoms with Crippen molar-refractivity contribution >= 4 is 0 Å². The molecular weight excluding hydrogens is 324 g/mol. The molecule has 0 amide bonds. The molecule has 1 aliphatic rings. The Labute approximate surface area is 164 Å². The van der Waals surface area contributed by atoms with Crippen molar-refractivity contribution in [1.29, 1.82) is 0 Å². The fourth-order valence-corrected chi connectivity index (χ4v) is 4.66. The van der Waals surface area contributed by atoms with Gasteiger partial charge in [0.15, 0.2) is 0 Å². The Bertz CT molecular complexity index is 1000. The van der Waals surface area contributed by atoms with Crippen LogP contribution in [0, 0.1) is 0 Å². The van der Waals surface area contributed by atoms with Gasteiger partial charge in [-0.1, -0.05) is 96.1 Å². The minimum Gasteiger partial charge on any atom is -0.0619 e. The molecule has 0 unspecified atom stereocenters. The van der Waals surface area contributed by atoms with Gasteiger partial charge in [-0.05, 0) is 62.4 Å². The molecule has 0 radical (unpaired) electrons. The molecule has 0 spiro atoms. The Morgan fingerprint density at radius 3 is 1.89 bits per heavy atom. The minimum absolute atomic E-state index is 0.0562. The molecule has 0 atom stereocenters. The van der Waals surface area contributed by atoms with Crippen LogP contribution in [-0.4, -0.2) is 0 Å². The van der Waals surface area contributed by atoms with E-state index in [9.17, 15) is 0 Å². The normalized spacial score (nSPS) is 14.5. The SMILES string of the molecule is CC(C)c1ccc(-c2ccc3c(c2)C(C)(C)c2ccccc2-3)cc1C(C)C. The lowest BCUT2D eigenvalue weighted by Crippen LogP contribution is -2.14. The Balaban J connectivity index is 1.85. The molecule has 27 heavy (non-hydrogen) atoms. The lowest BCUT2D eigenvalue weighted by Gasteiger charge is -2.22. The second-order valence-electron chi connectivity index (χ2n) is 9.08. The Morgan fingerprint density at radius 1 is 0.593 bits per heavy atom. The molecule has 0 bridgehead atoms. The van der Waals surface area contributed by atoms with E-state index < -0.39 is 0 Å². The predicted molar refractivity (Wildman–Crippen MR) is 118 cm³/mol. The van der Waals surface area contributed by atoms with E-state index in [0.717, 1.165) is 0 Å². The van der Waals surface area contributed by atoms with Gasteiger partial charge >= 0.3 is 0 Å². The van der Waals surface area contributed by atoms with Crippen LogP contribution in [0.2, 0.25) is 0 Å². The van der Waals surface area contributed by atoms with Gasteiger partial charge in [0.25, 0.3) is 0 Å². The Hall–Kier alpha value is -2.34. The van der Waals surface area contributed by atoms with Crippen LogP contribution in [0.25, 0.3) is 22.3 Å². The summed E-state index contributed by atoms with van der Waals surface area (Å²) in [6.07, 6.45) is 0. The summed E-state index contributed by atoms with van der Waals surface area (Å²) in [6, 6.07) is 22.9. The van der Waals surface area contributed by atoms with E-state index in [-0.39, 0.29) is 5.41 Å². The summed E-state index contributed by atoms with van der Waals surface area (Å²) < 4.78 is 0. The van der Waals surface area contributed by atoms with E-state index in [1.165, 1.54) is 44.5 Å². The summed E-state index contributed by atoms with van der Waals surface area (Å²) in [5.41, 5.74) is 11.3. The average Bonchev–Trinajstić information content (AvgIpc) is 2.89. The first kappa shape index (κ1) is 18.0. The van der Waals surface area contributed by atoms with Gasteiger partial charge in [0.1, 0.15) is 0 Å². The zero-order chi connectivity index (χ0) is 19.3. The van der Waals surface area contributed by atoms with Crippen LogP contribution in [-0.2, 0) is 5.41 Å². The highest BCUT2D eigenvalue weighted by Crippen LogP contribution is 2.49. The molecule has 0 fully saturated rings. The number of fused-ring (bicyclic) bond motifs is 3. The highest BCUT2D eigenvalue weighted by atomic mass is 14.4. The molecule has 3 aromatic carbocycles. The maximum atomic E-state index is 2.42. The number of hydrogen-bond acceptors (Lipinski definition) is 0. The number of rotatable bonds is 3. The maximum absolute atomic E-state index is 2.42. The predicted octanol–water partition coefficient (Wildman–Crippen LogP) is 7.91. The fourth-order valence-electron chi connectivity index (χ4n) is 4.66. The molecule has 0 heterocycles. The largest absolute Gasteiger partial charge is 0.0619 e. The lowest BCUT2D eigenvalue weighted by molar-refractivity contribution is 0.660. The van der Waals surface area contributed by atoms with Crippen molar-refractivity contribution < 1.29 is 0 Å². The molecule has 0 saturated carbocycles. The van der Waals surface area contributed by atoms with Crippen LogP contribution < -0.4 is 0 Å². The van der Waals surface area contributed by atoms with E-state index in [2.05, 4.69) is 102 Å². The maximum Gasteiger partial charge on any atom is 0.0159 e. The van der Waals surface area contributed by atoms with Crippen molar-refractivity contribution in [2.75, 3.05) is 0 Å². The van der Waals surface area contributed by atoms with Gasteiger partial charge in [-0.15, -0.1) is 0 Å². The smallest absolute Gasteiger partial charge is 0.0159 e. The van der Waals surface area contributed by atoms with Gasteiger partial charge in [-0.25, -0.2) is 0 Å². The first-order valence-corrected chi connectivity index (χ1v) is 10.2. The second kappa shape index (κ2) is 6.37. The van der Waals surface area contributed by atoms with Crippen LogP contribution in [0.4, 0.5) is 0 Å². The van der Waals surface area contributed by atoms with Crippen LogP contribution in [0.1, 0.15) is 75.6 Å². The van der Waals surface area contributed by atoms with Crippen LogP contribution >= 0.6 is 0 Å². The monoisotopic (exact) mass is 354 g/mol. The highest BCUT2D eigenvalue weighted by molar-refractivity contribution is 5.83. The van der Waals surface area contributed by atoms with Gasteiger partial charge in [-0.3, -0.25) is 0 Å². The van der Waals surface area contributed by atoms with Gasteiger partial charge in [0.2, 0.25) is 0 Å². The minimum atomic E-state index is 0.0562. The summed E-state index contributed by atoms with van der Waals surface area (Å²) in [5, 5.41) is 0. The van der Waals surface area contributed by atoms with Gasteiger partial charge in [-0.2, -0.15) is 0 Å². The third-order valence-electron chi connectivity index (χ3n) is 6.25. The molecule has 0 nitrogen and oxygen atoms in total. The van der Waals surface area contributed by atoms with Crippen LogP contribution in [0.5, 0.6) is 0 Å². The van der Waals surface area contributed by atoms with Crippen molar-refractivity contribution in [2.24, 2.45) is 0 Å². The standard InChI is InChI=1S/C27H30/c1-17(2)21-13-11-19(15-24(21)18(3)4)20-12-14-23-22-9-7-8-10-25(22)27(5,6)26(23)16-20/h7-18H,1-6H3. The van der Waals surface area contributed by atoms with Gasteiger partial charge in [0, 0.05) is 5.41 Å². The van der Waals surface area contributed by atoms with E-state index in [1.54, 1.807) is 0 Å². The second-order valence-corrected chi connectivity index (χ2v) is 9.08. The molecule has 3 aromatic rings. The van der Waals surface area contributed by atoms with Crippen LogP contribution in [0.15, 0.2) is 60.7 Å². The summed E-state index contributed by atoms with van der Waals surface area (Å²) in [4.78, 5) is 0. The molecule has 0 aromatic heterocycles. The quantitative estimate of drug-likeness (QED) is 0.448. The number of benzene rings is 3. The zero-order valence-electron chi connectivity index (χ0n) is 17.4. The fraction of sp³-hybridized carbons (Fsp3) is 0.333. The summed E-state index contributed by atoms with van der Waals surface area (Å²) in [6.45, 7) is 13.9. The summed E-state index contributed by atoms with van der Waals surface area (Å²) in [5.74, 6) is 1.10. The third kappa shape index (κ3) is 2.83. The van der Waals surface area contributed by atoms with Gasteiger partial charge < -0.3 is 0 Å². The Morgan fingerprint density at radius 2 is 1.19 bits per heavy atom. The molecule has 138 valence electrons. The molecular formula is C27H30. The average molecular weight is 355 g/mol. The number of hydrogen-bond donors (Lipinski definition) is 0. The van der Waals surface area contributed by atoms with Crippen molar-refractivity contribution in [3.05, 3.63) is 82.9 Å². The highest BCUT2D eigenvalue weighted by Gasteiger charge is 2.35. The first-order valence-electron chi connectivity index (χ1n) is 10.2. The molecule has 0 aliphatic heterocycles. The molecule has 0 saturated heterocycles. The molecule has 1 aliphatic carbocycles. The van der Waals surface area contributed by atoms with Gasteiger partial charge in [0.05, 0.1) is 0 Å². The van der Waals surface area contributed by atoms with E-state index in [0.29, 0.717) is 11.8 Å². The lowest BCUT2D eigenvalue weighted by atomic mass is 9.81. The molecule has 4 rings (SSSR count). The van der Waals surface area contributed by atoms with Crippen molar-refractivity contribution in [2.45, 2.75) is 58.8 Å². The molecule has 0 N–H and O–H groups in total. The topological polar surface area (TPSA) is 0 Å². The van der Waals surface area contributed by atoms with E-state index >= 15 is 0 Å². The van der Waals surface area contributed by atoms with Crippen molar-refractivity contribution in [3.8, 4) is 22.3 Å². The van der Waals surface area contributed by atoms with Crippen molar-refractivity contribution in [1.82, 2.24) is 0 Å². The van der Waals surface area contributed by atoms with Crippen molar-refractivity contribution in [3.63, 3.8) is 0 Å². The van der Waals surface area contributed by atoms with Crippen LogP contribution in [0.3, 0.4) is 0 Å². The zero-order valence-corrected chi connectivity index (χ0v) is 17.4. The third-order valence-corrected chi connectivity index (χ3v) is 6.25. The van der Waals surface area contributed by atoms with E-state index in [4.69, 9.17) is 0 Å². The summed E-state index contributed by atoms with van der Waals surface area (Å²) in [7, 11) is 0.